The number of rotatable bonds is 50. The highest BCUT2D eigenvalue weighted by molar-refractivity contribution is 5.71. The van der Waals surface area contributed by atoms with Crippen LogP contribution in [0.3, 0.4) is 0 Å². The van der Waals surface area contributed by atoms with Crippen molar-refractivity contribution in [2.24, 2.45) is 0 Å². The molecular weight excluding hydrogens is 901 g/mol. The van der Waals surface area contributed by atoms with Crippen LogP contribution in [0.5, 0.6) is 0 Å². The Bertz CT molecular complexity index is 1670. The van der Waals surface area contributed by atoms with Gasteiger partial charge in [0.15, 0.2) is 6.10 Å². The minimum Gasteiger partial charge on any atom is -0.462 e. The van der Waals surface area contributed by atoms with E-state index in [0.29, 0.717) is 19.3 Å². The smallest absolute Gasteiger partial charge is 0.306 e. The van der Waals surface area contributed by atoms with Crippen LogP contribution in [0, 0.1) is 0 Å². The van der Waals surface area contributed by atoms with Gasteiger partial charge in [-0.1, -0.05) is 237 Å². The monoisotopic (exact) mass is 1000 g/mol. The van der Waals surface area contributed by atoms with Gasteiger partial charge in [-0.3, -0.25) is 14.4 Å². The molecule has 6 heteroatoms. The van der Waals surface area contributed by atoms with Crippen molar-refractivity contribution >= 4 is 17.9 Å². The number of allylic oxidation sites excluding steroid dienone is 26. The molecule has 408 valence electrons. The zero-order valence-electron chi connectivity index (χ0n) is 46.6. The molecule has 0 aliphatic rings. The first-order chi connectivity index (χ1) is 36.0. The molecule has 73 heavy (non-hydrogen) atoms. The summed E-state index contributed by atoms with van der Waals surface area (Å²) in [6.45, 7) is 6.27. The SMILES string of the molecule is CC/C=C\C/C=C\C/C=C\C/C=C\C/C=C\C/C=C\C/C=C\C/C=C\C/C=C\C/C=C\CCCCCCC(=O)OCC(COC(=O)CCCCCCC)OC(=O)CCCCCCC/C=C\C/C=C\C/C=C\CC. The van der Waals surface area contributed by atoms with Crippen molar-refractivity contribution in [1.29, 1.82) is 0 Å². The third-order valence-electron chi connectivity index (χ3n) is 11.5. The van der Waals surface area contributed by atoms with Gasteiger partial charge in [-0.2, -0.15) is 0 Å². The van der Waals surface area contributed by atoms with Crippen molar-refractivity contribution in [2.45, 2.75) is 232 Å². The van der Waals surface area contributed by atoms with Crippen molar-refractivity contribution in [3.63, 3.8) is 0 Å². The summed E-state index contributed by atoms with van der Waals surface area (Å²) in [6, 6.07) is 0. The Hall–Kier alpha value is -4.97. The molecule has 0 bridgehead atoms. The number of carbonyl (C=O) groups is 3. The molecule has 6 nitrogen and oxygen atoms in total. The molecule has 0 saturated heterocycles. The summed E-state index contributed by atoms with van der Waals surface area (Å²) in [6.07, 6.45) is 87.2. The molecule has 0 heterocycles. The van der Waals surface area contributed by atoms with E-state index in [0.717, 1.165) is 186 Å². The molecule has 0 N–H and O–H groups in total. The van der Waals surface area contributed by atoms with Gasteiger partial charge in [-0.15, -0.1) is 0 Å². The van der Waals surface area contributed by atoms with Gasteiger partial charge < -0.3 is 14.2 Å². The molecule has 0 rings (SSSR count). The van der Waals surface area contributed by atoms with E-state index in [1.165, 1.54) is 0 Å². The van der Waals surface area contributed by atoms with E-state index >= 15 is 0 Å². The molecule has 0 fully saturated rings. The van der Waals surface area contributed by atoms with Gasteiger partial charge in [0.25, 0.3) is 0 Å². The Morgan fingerprint density at radius 2 is 0.534 bits per heavy atom. The Labute approximate surface area is 448 Å². The van der Waals surface area contributed by atoms with Crippen LogP contribution >= 0.6 is 0 Å². The maximum Gasteiger partial charge on any atom is 0.306 e. The first-order valence-corrected chi connectivity index (χ1v) is 29.0. The standard InChI is InChI=1S/C67H104O6/c1-4-7-10-13-15-17-19-21-23-24-25-26-27-28-29-30-31-32-33-34-35-36-37-38-39-40-41-42-44-45-47-49-51-54-57-60-66(69)72-63-64(62-71-65(68)59-56-53-12-9-6-3)73-67(70)61-58-55-52-50-48-46-43-22-20-18-16-14-11-8-5-2/h7-8,10-11,15-18,21-23,25-26,28-29,31-32,34-35,37-38,40-41,43-45,64H,4-6,9,12-14,19-20,24,27,30,33,36,39,42,46-63H2,1-3H3/b10-7-,11-8-,17-15-,18-16-,23-21-,26-25-,29-28-,32-31-,35-34-,38-37-,41-40-,43-22-,45-44-. The van der Waals surface area contributed by atoms with Crippen molar-refractivity contribution in [3.05, 3.63) is 158 Å². The van der Waals surface area contributed by atoms with E-state index in [1.54, 1.807) is 0 Å². The summed E-state index contributed by atoms with van der Waals surface area (Å²) >= 11 is 0. The van der Waals surface area contributed by atoms with Gasteiger partial charge in [0.2, 0.25) is 0 Å². The van der Waals surface area contributed by atoms with Gasteiger partial charge >= 0.3 is 17.9 Å². The summed E-state index contributed by atoms with van der Waals surface area (Å²) in [7, 11) is 0. The molecule has 0 saturated carbocycles. The molecule has 0 aromatic heterocycles. The van der Waals surface area contributed by atoms with E-state index in [1.807, 2.05) is 0 Å². The van der Waals surface area contributed by atoms with E-state index in [9.17, 15) is 14.4 Å². The van der Waals surface area contributed by atoms with Crippen LogP contribution in [0.2, 0.25) is 0 Å². The Kier molecular flexibility index (Phi) is 55.5. The van der Waals surface area contributed by atoms with Crippen LogP contribution < -0.4 is 0 Å². The Balaban J connectivity index is 4.16. The second-order valence-electron chi connectivity index (χ2n) is 18.4. The van der Waals surface area contributed by atoms with Crippen molar-refractivity contribution < 1.29 is 28.6 Å². The molecule has 0 amide bonds. The number of hydrogen-bond donors (Lipinski definition) is 0. The minimum atomic E-state index is -0.800. The number of ether oxygens (including phenoxy) is 3. The van der Waals surface area contributed by atoms with Gasteiger partial charge in [-0.25, -0.2) is 0 Å². The van der Waals surface area contributed by atoms with Crippen molar-refractivity contribution in [3.8, 4) is 0 Å². The molecular formula is C67H104O6. The van der Waals surface area contributed by atoms with E-state index in [4.69, 9.17) is 14.2 Å². The lowest BCUT2D eigenvalue weighted by atomic mass is 10.1. The normalized spacial score (nSPS) is 13.3. The summed E-state index contributed by atoms with van der Waals surface area (Å²) in [5, 5.41) is 0. The molecule has 0 spiro atoms. The lowest BCUT2D eigenvalue weighted by molar-refractivity contribution is -0.167. The molecule has 0 aliphatic carbocycles. The molecule has 0 aromatic carbocycles. The highest BCUT2D eigenvalue weighted by Crippen LogP contribution is 2.12. The van der Waals surface area contributed by atoms with Crippen LogP contribution in [-0.4, -0.2) is 37.2 Å². The fraction of sp³-hybridized carbons (Fsp3) is 0.567. The number of unbranched alkanes of at least 4 members (excludes halogenated alkanes) is 13. The summed E-state index contributed by atoms with van der Waals surface area (Å²) in [5.74, 6) is -0.968. The van der Waals surface area contributed by atoms with E-state index in [-0.39, 0.29) is 31.1 Å². The summed E-state index contributed by atoms with van der Waals surface area (Å²) in [5.41, 5.74) is 0. The van der Waals surface area contributed by atoms with Gasteiger partial charge in [0.1, 0.15) is 13.2 Å². The first-order valence-electron chi connectivity index (χ1n) is 29.0. The van der Waals surface area contributed by atoms with Crippen LogP contribution in [0.25, 0.3) is 0 Å². The Morgan fingerprint density at radius 3 is 0.836 bits per heavy atom. The quantitative estimate of drug-likeness (QED) is 0.0261. The second-order valence-corrected chi connectivity index (χ2v) is 18.4. The van der Waals surface area contributed by atoms with Crippen LogP contribution in [0.1, 0.15) is 226 Å². The predicted molar refractivity (Wildman–Crippen MR) is 315 cm³/mol. The van der Waals surface area contributed by atoms with Crippen molar-refractivity contribution in [2.75, 3.05) is 13.2 Å². The van der Waals surface area contributed by atoms with Crippen LogP contribution in [0.15, 0.2) is 158 Å². The largest absolute Gasteiger partial charge is 0.462 e. The molecule has 1 unspecified atom stereocenters. The Morgan fingerprint density at radius 1 is 0.288 bits per heavy atom. The third kappa shape index (κ3) is 57.8. The van der Waals surface area contributed by atoms with Crippen molar-refractivity contribution in [1.82, 2.24) is 0 Å². The van der Waals surface area contributed by atoms with Crippen LogP contribution in [0.4, 0.5) is 0 Å². The summed E-state index contributed by atoms with van der Waals surface area (Å²) in [4.78, 5) is 37.7. The highest BCUT2D eigenvalue weighted by atomic mass is 16.6. The van der Waals surface area contributed by atoms with Gasteiger partial charge in [-0.05, 0) is 128 Å². The third-order valence-corrected chi connectivity index (χ3v) is 11.5. The summed E-state index contributed by atoms with van der Waals surface area (Å²) < 4.78 is 16.6. The van der Waals surface area contributed by atoms with Gasteiger partial charge in [0.05, 0.1) is 0 Å². The second kappa shape index (κ2) is 59.6. The number of carbonyl (C=O) groups excluding carboxylic acids is 3. The fourth-order valence-electron chi connectivity index (χ4n) is 7.25. The zero-order chi connectivity index (χ0) is 52.9. The number of esters is 3. The number of hydrogen-bond acceptors (Lipinski definition) is 6. The fourth-order valence-corrected chi connectivity index (χ4v) is 7.25. The minimum absolute atomic E-state index is 0.0997. The zero-order valence-corrected chi connectivity index (χ0v) is 46.6. The van der Waals surface area contributed by atoms with E-state index < -0.39 is 6.10 Å². The average molecular weight is 1010 g/mol. The first kappa shape index (κ1) is 68.0. The lowest BCUT2D eigenvalue weighted by Gasteiger charge is -2.18. The maximum atomic E-state index is 12.7. The molecule has 0 radical (unpaired) electrons. The van der Waals surface area contributed by atoms with Gasteiger partial charge in [0, 0.05) is 19.3 Å². The lowest BCUT2D eigenvalue weighted by Crippen LogP contribution is -2.30. The predicted octanol–water partition coefficient (Wildman–Crippen LogP) is 19.8. The molecule has 1 atom stereocenters. The van der Waals surface area contributed by atoms with E-state index in [2.05, 4.69) is 179 Å². The molecule has 0 aliphatic heterocycles. The molecule has 0 aromatic rings. The topological polar surface area (TPSA) is 78.9 Å². The average Bonchev–Trinajstić information content (AvgIpc) is 3.39. The van der Waals surface area contributed by atoms with Crippen LogP contribution in [-0.2, 0) is 28.6 Å². The maximum absolute atomic E-state index is 12.7. The highest BCUT2D eigenvalue weighted by Gasteiger charge is 2.19.